The van der Waals surface area contributed by atoms with E-state index in [1.807, 2.05) is 0 Å². The summed E-state index contributed by atoms with van der Waals surface area (Å²) < 4.78 is 62.1. The number of pyridine rings is 1. The van der Waals surface area contributed by atoms with E-state index in [0.717, 1.165) is 29.9 Å². The van der Waals surface area contributed by atoms with Gasteiger partial charge in [-0.3, -0.25) is 15.1 Å². The number of hydrogen-bond donors (Lipinski definition) is 4. The maximum atomic E-state index is 13.8. The molecule has 4 N–H and O–H groups in total. The highest BCUT2D eigenvalue weighted by Gasteiger charge is 2.45. The van der Waals surface area contributed by atoms with Crippen molar-refractivity contribution in [3.8, 4) is 0 Å². The number of anilines is 3. The van der Waals surface area contributed by atoms with Crippen molar-refractivity contribution in [3.05, 3.63) is 29.6 Å². The van der Waals surface area contributed by atoms with Crippen LogP contribution in [0.1, 0.15) is 61.9 Å². The maximum absolute atomic E-state index is 13.8. The van der Waals surface area contributed by atoms with Crippen LogP contribution in [-0.4, -0.2) is 76.7 Å². The normalized spacial score (nSPS) is 19.7. The zero-order chi connectivity index (χ0) is 32.5. The fourth-order valence-corrected chi connectivity index (χ4v) is 6.18. The fourth-order valence-electron chi connectivity index (χ4n) is 5.46. The molecule has 0 aliphatic carbocycles. The first-order valence-corrected chi connectivity index (χ1v) is 15.0. The molecule has 0 unspecified atom stereocenters. The van der Waals surface area contributed by atoms with E-state index in [0.29, 0.717) is 13.2 Å². The Morgan fingerprint density at radius 3 is 2.51 bits per heavy atom. The number of halogens is 3. The summed E-state index contributed by atoms with van der Waals surface area (Å²) in [7, 11) is 0. The number of aromatic nitrogens is 2. The van der Waals surface area contributed by atoms with Gasteiger partial charge in [-0.25, -0.2) is 9.59 Å². The predicted molar refractivity (Wildman–Crippen MR) is 158 cm³/mol. The Morgan fingerprint density at radius 2 is 1.84 bits per heavy atom. The minimum absolute atomic E-state index is 0.0689. The molecule has 0 bridgehead atoms. The van der Waals surface area contributed by atoms with Crippen molar-refractivity contribution in [3.63, 3.8) is 0 Å². The molecule has 5 heterocycles. The molecule has 2 aliphatic heterocycles. The van der Waals surface area contributed by atoms with Crippen LogP contribution in [0.25, 0.3) is 11.1 Å². The molecule has 2 fully saturated rings. The van der Waals surface area contributed by atoms with Gasteiger partial charge in [-0.15, -0.1) is 0 Å². The van der Waals surface area contributed by atoms with Gasteiger partial charge in [0.1, 0.15) is 21.7 Å². The topological polar surface area (TPSA) is 168 Å². The Bertz CT molecular complexity index is 1560. The third-order valence-corrected chi connectivity index (χ3v) is 8.27. The number of carboxylic acid groups (broad SMARTS) is 1. The van der Waals surface area contributed by atoms with E-state index in [1.54, 1.807) is 33.0 Å². The van der Waals surface area contributed by atoms with E-state index in [4.69, 9.17) is 19.0 Å². The smallest absolute Gasteiger partial charge is 0.414 e. The summed E-state index contributed by atoms with van der Waals surface area (Å²) in [5.74, 6) is -2.63. The largest absolute Gasteiger partial charge is 0.465 e. The average molecular weight is 655 g/mol. The van der Waals surface area contributed by atoms with Crippen molar-refractivity contribution < 1.29 is 46.6 Å². The quantitative estimate of drug-likeness (QED) is 0.255. The van der Waals surface area contributed by atoms with Gasteiger partial charge in [0.2, 0.25) is 5.88 Å². The van der Waals surface area contributed by atoms with Crippen molar-refractivity contribution >= 4 is 57.3 Å². The number of nitrogens with one attached hydrogen (secondary N) is 3. The van der Waals surface area contributed by atoms with Crippen molar-refractivity contribution in [1.82, 2.24) is 14.7 Å². The zero-order valence-electron chi connectivity index (χ0n) is 24.7. The van der Waals surface area contributed by atoms with Gasteiger partial charge in [0.15, 0.2) is 5.58 Å². The number of piperidine rings is 1. The molecular weight excluding hydrogens is 621 g/mol. The van der Waals surface area contributed by atoms with Crippen LogP contribution >= 0.6 is 11.5 Å². The summed E-state index contributed by atoms with van der Waals surface area (Å²) >= 11 is 0.851. The number of rotatable bonds is 6. The van der Waals surface area contributed by atoms with E-state index in [-0.39, 0.29) is 45.7 Å². The lowest BCUT2D eigenvalue weighted by atomic mass is 9.93. The van der Waals surface area contributed by atoms with Crippen LogP contribution in [0, 0.1) is 5.92 Å². The number of nitrogens with zero attached hydrogens (tertiary/aromatic N) is 3. The van der Waals surface area contributed by atoms with Crippen molar-refractivity contribution in [2.24, 2.45) is 5.92 Å². The van der Waals surface area contributed by atoms with Crippen LogP contribution in [-0.2, 0) is 9.47 Å². The van der Waals surface area contributed by atoms with Gasteiger partial charge >= 0.3 is 18.4 Å². The molecule has 3 aromatic heterocycles. The van der Waals surface area contributed by atoms with Crippen molar-refractivity contribution in [2.75, 3.05) is 41.8 Å². The summed E-state index contributed by atoms with van der Waals surface area (Å²) in [6, 6.07) is 0.748. The average Bonchev–Trinajstić information content (AvgIpc) is 3.55. The minimum atomic E-state index is -4.57. The number of carbonyl (C=O) groups is 3. The fraction of sp³-hybridized carbons (Fsp3) is 0.536. The Kier molecular flexibility index (Phi) is 9.11. The lowest BCUT2D eigenvalue weighted by molar-refractivity contribution is -0.177. The maximum Gasteiger partial charge on any atom is 0.414 e. The molecule has 0 spiro atoms. The van der Waals surface area contributed by atoms with Crippen LogP contribution in [0.4, 0.5) is 39.3 Å². The molecule has 13 nitrogen and oxygen atoms in total. The molecule has 2 aliphatic rings. The van der Waals surface area contributed by atoms with E-state index in [1.165, 1.54) is 11.1 Å². The molecule has 0 saturated carbocycles. The van der Waals surface area contributed by atoms with Crippen molar-refractivity contribution in [1.29, 1.82) is 0 Å². The van der Waals surface area contributed by atoms with Crippen LogP contribution in [0.15, 0.2) is 22.9 Å². The summed E-state index contributed by atoms with van der Waals surface area (Å²) in [5, 5.41) is 16.6. The number of carbonyl (C=O) groups excluding carboxylic acids is 2. The van der Waals surface area contributed by atoms with E-state index >= 15 is 0 Å². The third kappa shape index (κ3) is 7.76. The Morgan fingerprint density at radius 1 is 1.11 bits per heavy atom. The highest BCUT2D eigenvalue weighted by atomic mass is 32.1. The lowest BCUT2D eigenvalue weighted by Crippen LogP contribution is -2.53. The van der Waals surface area contributed by atoms with Crippen LogP contribution in [0.3, 0.4) is 0 Å². The van der Waals surface area contributed by atoms with Gasteiger partial charge in [-0.1, -0.05) is 0 Å². The highest BCUT2D eigenvalue weighted by Crippen LogP contribution is 2.40. The first-order chi connectivity index (χ1) is 21.2. The van der Waals surface area contributed by atoms with Crippen LogP contribution < -0.4 is 20.9 Å². The van der Waals surface area contributed by atoms with E-state index in [9.17, 15) is 27.6 Å². The SMILES string of the molecule is CC(C)(C)OC(=O)Nc1oc2cc(C3CCOCC3)cnc2c1C(=O)Nc1cnsc1N1C[C@@H](NC(=O)O)C[C@@H](C(F)(F)F)C1. The van der Waals surface area contributed by atoms with Crippen LogP contribution in [0.2, 0.25) is 0 Å². The molecule has 0 aromatic carbocycles. The highest BCUT2D eigenvalue weighted by molar-refractivity contribution is 7.11. The van der Waals surface area contributed by atoms with E-state index in [2.05, 4.69) is 25.3 Å². The lowest BCUT2D eigenvalue weighted by Gasteiger charge is -2.39. The Hall–Kier alpha value is -4.12. The molecule has 45 heavy (non-hydrogen) atoms. The third-order valence-electron chi connectivity index (χ3n) is 7.41. The molecule has 3 aromatic rings. The second-order valence-electron chi connectivity index (χ2n) is 12.0. The summed E-state index contributed by atoms with van der Waals surface area (Å²) in [6.07, 6.45) is -2.81. The number of alkyl halides is 3. The van der Waals surface area contributed by atoms with Crippen LogP contribution in [0.5, 0.6) is 0 Å². The second-order valence-corrected chi connectivity index (χ2v) is 12.7. The number of fused-ring (bicyclic) bond motifs is 1. The predicted octanol–water partition coefficient (Wildman–Crippen LogP) is 5.80. The van der Waals surface area contributed by atoms with Crippen molar-refractivity contribution in [2.45, 2.75) is 63.8 Å². The molecule has 244 valence electrons. The zero-order valence-corrected chi connectivity index (χ0v) is 25.5. The standard InChI is InChI=1S/C28H33F3N6O7S/c1-27(2,3)44-26(41)36-23-20(21-19(43-23)8-15(10-32-21)14-4-6-42-7-5-14)22(38)35-18-11-33-45-24(18)37-12-16(28(29,30)31)9-17(13-37)34-25(39)40/h8,10-11,14,16-17,34H,4-7,9,12-13H2,1-3H3,(H,35,38)(H,36,41)(H,39,40)/t16-,17+/m1/s1. The van der Waals surface area contributed by atoms with Gasteiger partial charge in [0.25, 0.3) is 5.91 Å². The molecule has 3 amide bonds. The Balaban J connectivity index is 1.45. The molecule has 2 saturated heterocycles. The summed E-state index contributed by atoms with van der Waals surface area (Å²) in [5.41, 5.74) is 0.404. The number of hydrogen-bond acceptors (Lipinski definition) is 10. The van der Waals surface area contributed by atoms with Gasteiger partial charge in [0.05, 0.1) is 23.8 Å². The van der Waals surface area contributed by atoms with Gasteiger partial charge in [-0.05, 0) is 69.1 Å². The first kappa shape index (κ1) is 32.3. The van der Waals surface area contributed by atoms with Gasteiger partial charge < -0.3 is 34.5 Å². The van der Waals surface area contributed by atoms with Gasteiger partial charge in [0, 0.05) is 32.5 Å². The molecule has 2 atom stereocenters. The van der Waals surface area contributed by atoms with Gasteiger partial charge in [-0.2, -0.15) is 17.5 Å². The molecule has 0 radical (unpaired) electrons. The number of ether oxygens (including phenoxy) is 2. The second kappa shape index (κ2) is 12.7. The monoisotopic (exact) mass is 654 g/mol. The summed E-state index contributed by atoms with van der Waals surface area (Å²) in [4.78, 5) is 43.5. The first-order valence-electron chi connectivity index (χ1n) is 14.2. The van der Waals surface area contributed by atoms with E-state index < -0.39 is 54.8 Å². The molecule has 5 rings (SSSR count). The summed E-state index contributed by atoms with van der Waals surface area (Å²) in [6.45, 7) is 5.70. The minimum Gasteiger partial charge on any atom is -0.465 e. The number of furan rings is 1. The molecule has 17 heteroatoms. The Labute approximate surface area is 259 Å². The number of amides is 3. The molecular formula is C28H33F3N6O7S.